The average molecular weight is 466 g/mol. The summed E-state index contributed by atoms with van der Waals surface area (Å²) >= 11 is 0. The summed E-state index contributed by atoms with van der Waals surface area (Å²) in [7, 11) is 0. The lowest BCUT2D eigenvalue weighted by molar-refractivity contribution is 0.0950. The Morgan fingerprint density at radius 3 is 2.47 bits per heavy atom. The molecule has 0 saturated carbocycles. The Morgan fingerprint density at radius 1 is 0.941 bits per heavy atom. The molecule has 3 amide bonds. The molecule has 0 aromatic heterocycles. The third-order valence-corrected chi connectivity index (χ3v) is 5.59. The first kappa shape index (κ1) is 23.2. The van der Waals surface area contributed by atoms with E-state index in [1.807, 2.05) is 30.3 Å². The molecule has 0 spiro atoms. The van der Waals surface area contributed by atoms with Gasteiger partial charge in [0.15, 0.2) is 11.6 Å². The van der Waals surface area contributed by atoms with E-state index in [2.05, 4.69) is 10.6 Å². The molecule has 6 nitrogen and oxygen atoms in total. The normalized spacial score (nSPS) is 13.9. The lowest BCUT2D eigenvalue weighted by Crippen LogP contribution is -2.43. The molecule has 0 aliphatic carbocycles. The van der Waals surface area contributed by atoms with Crippen LogP contribution in [0.15, 0.2) is 72.8 Å². The van der Waals surface area contributed by atoms with E-state index in [0.29, 0.717) is 43.7 Å². The molecule has 1 fully saturated rings. The fourth-order valence-electron chi connectivity index (χ4n) is 3.74. The minimum Gasteiger partial charge on any atom is -0.487 e. The van der Waals surface area contributed by atoms with Crippen molar-refractivity contribution >= 4 is 17.6 Å². The molecular formula is C26H25F2N3O3. The molecule has 8 heteroatoms. The van der Waals surface area contributed by atoms with Crippen LogP contribution in [0.2, 0.25) is 0 Å². The summed E-state index contributed by atoms with van der Waals surface area (Å²) in [5.74, 6) is -1.54. The van der Waals surface area contributed by atoms with E-state index in [4.69, 9.17) is 4.74 Å². The molecule has 0 unspecified atom stereocenters. The van der Waals surface area contributed by atoms with Gasteiger partial charge in [-0.2, -0.15) is 0 Å². The van der Waals surface area contributed by atoms with Crippen LogP contribution in [0, 0.1) is 11.6 Å². The zero-order valence-electron chi connectivity index (χ0n) is 18.5. The van der Waals surface area contributed by atoms with Crippen molar-refractivity contribution in [1.82, 2.24) is 10.2 Å². The first-order valence-corrected chi connectivity index (χ1v) is 11.1. The van der Waals surface area contributed by atoms with Gasteiger partial charge in [0.2, 0.25) is 0 Å². The lowest BCUT2D eigenvalue weighted by atomic mass is 10.1. The van der Waals surface area contributed by atoms with Crippen LogP contribution in [0.4, 0.5) is 19.3 Å². The van der Waals surface area contributed by atoms with Crippen LogP contribution in [0.25, 0.3) is 0 Å². The fourth-order valence-corrected chi connectivity index (χ4v) is 3.74. The highest BCUT2D eigenvalue weighted by atomic mass is 19.1. The Hall–Kier alpha value is -3.94. The van der Waals surface area contributed by atoms with Gasteiger partial charge in [-0.05, 0) is 35.9 Å². The number of anilines is 1. The Morgan fingerprint density at radius 2 is 1.71 bits per heavy atom. The molecule has 176 valence electrons. The van der Waals surface area contributed by atoms with Crippen LogP contribution in [0.1, 0.15) is 28.8 Å². The van der Waals surface area contributed by atoms with Crippen LogP contribution in [-0.4, -0.2) is 36.0 Å². The van der Waals surface area contributed by atoms with E-state index in [9.17, 15) is 18.4 Å². The maximum absolute atomic E-state index is 13.8. The maximum atomic E-state index is 13.8. The number of benzene rings is 3. The standard InChI is InChI=1S/C26H25F2N3O3/c27-20-9-10-23(28)24(16-20)34-22-11-13-31(14-12-22)26(33)30-21-8-4-7-19(15-21)25(32)29-17-18-5-2-1-3-6-18/h1-10,15-16,22H,11-14,17H2,(H,29,32)(H,30,33). The Kier molecular flexibility index (Phi) is 7.37. The highest BCUT2D eigenvalue weighted by Crippen LogP contribution is 2.23. The number of amides is 3. The number of halogens is 2. The highest BCUT2D eigenvalue weighted by Gasteiger charge is 2.25. The van der Waals surface area contributed by atoms with Crippen molar-refractivity contribution in [3.63, 3.8) is 0 Å². The number of likely N-dealkylation sites (tertiary alicyclic amines) is 1. The van der Waals surface area contributed by atoms with Gasteiger partial charge in [0, 0.05) is 49.8 Å². The van der Waals surface area contributed by atoms with E-state index in [1.54, 1.807) is 29.2 Å². The highest BCUT2D eigenvalue weighted by molar-refractivity contribution is 5.96. The van der Waals surface area contributed by atoms with E-state index < -0.39 is 11.6 Å². The number of hydrogen-bond donors (Lipinski definition) is 2. The zero-order valence-corrected chi connectivity index (χ0v) is 18.5. The summed E-state index contributed by atoms with van der Waals surface area (Å²) in [6, 6.07) is 19.1. The van der Waals surface area contributed by atoms with Gasteiger partial charge in [-0.3, -0.25) is 4.79 Å². The maximum Gasteiger partial charge on any atom is 0.321 e. The summed E-state index contributed by atoms with van der Waals surface area (Å²) in [6.45, 7) is 1.22. The Labute approximate surface area is 196 Å². The third kappa shape index (κ3) is 6.10. The van der Waals surface area contributed by atoms with Gasteiger partial charge in [0.25, 0.3) is 5.91 Å². The van der Waals surface area contributed by atoms with Gasteiger partial charge in [-0.1, -0.05) is 36.4 Å². The number of carbonyl (C=O) groups is 2. The van der Waals surface area contributed by atoms with Crippen LogP contribution in [0.5, 0.6) is 5.75 Å². The molecular weight excluding hydrogens is 440 g/mol. The molecule has 0 radical (unpaired) electrons. The summed E-state index contributed by atoms with van der Waals surface area (Å²) in [4.78, 5) is 26.8. The second-order valence-electron chi connectivity index (χ2n) is 8.06. The first-order chi connectivity index (χ1) is 16.5. The van der Waals surface area contributed by atoms with Crippen LogP contribution < -0.4 is 15.4 Å². The van der Waals surface area contributed by atoms with Gasteiger partial charge in [-0.25, -0.2) is 13.6 Å². The number of hydrogen-bond acceptors (Lipinski definition) is 3. The molecule has 1 saturated heterocycles. The number of ether oxygens (including phenoxy) is 1. The van der Waals surface area contributed by atoms with Crippen molar-refractivity contribution in [2.45, 2.75) is 25.5 Å². The van der Waals surface area contributed by atoms with Crippen molar-refractivity contribution in [2.75, 3.05) is 18.4 Å². The van der Waals surface area contributed by atoms with Crippen molar-refractivity contribution in [3.05, 3.63) is 95.6 Å². The largest absolute Gasteiger partial charge is 0.487 e. The van der Waals surface area contributed by atoms with Crippen molar-refractivity contribution < 1.29 is 23.1 Å². The molecule has 0 bridgehead atoms. The Bertz CT molecular complexity index is 1150. The summed E-state index contributed by atoms with van der Waals surface area (Å²) < 4.78 is 32.7. The average Bonchev–Trinajstić information content (AvgIpc) is 2.86. The van der Waals surface area contributed by atoms with Crippen LogP contribution >= 0.6 is 0 Å². The van der Waals surface area contributed by atoms with E-state index >= 15 is 0 Å². The van der Waals surface area contributed by atoms with Gasteiger partial charge >= 0.3 is 6.03 Å². The summed E-state index contributed by atoms with van der Waals surface area (Å²) in [5, 5.41) is 5.68. The van der Waals surface area contributed by atoms with Crippen molar-refractivity contribution in [2.24, 2.45) is 0 Å². The molecule has 0 atom stereocenters. The molecule has 1 aliphatic rings. The molecule has 3 aromatic carbocycles. The quantitative estimate of drug-likeness (QED) is 0.540. The van der Waals surface area contributed by atoms with E-state index in [0.717, 1.165) is 23.8 Å². The van der Waals surface area contributed by atoms with E-state index in [-0.39, 0.29) is 23.8 Å². The number of nitrogens with zero attached hydrogens (tertiary/aromatic N) is 1. The fraction of sp³-hybridized carbons (Fsp3) is 0.231. The number of carbonyl (C=O) groups excluding carboxylic acids is 2. The van der Waals surface area contributed by atoms with E-state index in [1.165, 1.54) is 0 Å². The van der Waals surface area contributed by atoms with Crippen LogP contribution in [0.3, 0.4) is 0 Å². The minimum atomic E-state index is -0.616. The first-order valence-electron chi connectivity index (χ1n) is 11.1. The topological polar surface area (TPSA) is 70.7 Å². The monoisotopic (exact) mass is 465 g/mol. The second kappa shape index (κ2) is 10.8. The SMILES string of the molecule is O=C(NCc1ccccc1)c1cccc(NC(=O)N2CCC(Oc3cc(F)ccc3F)CC2)c1. The van der Waals surface area contributed by atoms with Gasteiger partial charge in [0.05, 0.1) is 0 Å². The predicted octanol–water partition coefficient (Wildman–Crippen LogP) is 4.97. The summed E-state index contributed by atoms with van der Waals surface area (Å²) in [5.41, 5.74) is 1.95. The molecule has 2 N–H and O–H groups in total. The van der Waals surface area contributed by atoms with Gasteiger partial charge < -0.3 is 20.3 Å². The molecule has 1 aliphatic heterocycles. The zero-order chi connectivity index (χ0) is 23.9. The lowest BCUT2D eigenvalue weighted by Gasteiger charge is -2.32. The molecule has 1 heterocycles. The van der Waals surface area contributed by atoms with Crippen molar-refractivity contribution in [3.8, 4) is 5.75 Å². The second-order valence-corrected chi connectivity index (χ2v) is 8.06. The smallest absolute Gasteiger partial charge is 0.321 e. The molecule has 3 aromatic rings. The van der Waals surface area contributed by atoms with Gasteiger partial charge in [-0.15, -0.1) is 0 Å². The summed E-state index contributed by atoms with van der Waals surface area (Å²) in [6.07, 6.45) is 0.674. The molecule has 4 rings (SSSR count). The number of urea groups is 1. The predicted molar refractivity (Wildman–Crippen MR) is 125 cm³/mol. The Balaban J connectivity index is 1.28. The van der Waals surface area contributed by atoms with Crippen LogP contribution in [-0.2, 0) is 6.54 Å². The third-order valence-electron chi connectivity index (χ3n) is 5.59. The van der Waals surface area contributed by atoms with Crippen molar-refractivity contribution in [1.29, 1.82) is 0 Å². The minimum absolute atomic E-state index is 0.120. The number of nitrogens with one attached hydrogen (secondary N) is 2. The van der Waals surface area contributed by atoms with Gasteiger partial charge in [0.1, 0.15) is 11.9 Å². The molecule has 34 heavy (non-hydrogen) atoms. The number of piperidine rings is 1. The number of rotatable bonds is 6.